The van der Waals surface area contributed by atoms with Gasteiger partial charge in [0, 0.05) is 36.6 Å². The molecule has 2 saturated carbocycles. The molecule has 2 heterocycles. The minimum Gasteiger partial charge on any atom is -0.493 e. The quantitative estimate of drug-likeness (QED) is 0.457. The zero-order valence-corrected chi connectivity index (χ0v) is 21.0. The normalized spacial score (nSPS) is 30.2. The van der Waals surface area contributed by atoms with Crippen molar-refractivity contribution in [2.75, 3.05) is 26.2 Å². The topological polar surface area (TPSA) is 97.8 Å². The van der Waals surface area contributed by atoms with Crippen LogP contribution in [0, 0.1) is 11.8 Å². The number of aromatic nitrogens is 1. The summed E-state index contributed by atoms with van der Waals surface area (Å²) in [7, 11) is 0. The summed E-state index contributed by atoms with van der Waals surface area (Å²) >= 11 is 0. The monoisotopic (exact) mass is 483 g/mol. The second-order valence-corrected chi connectivity index (χ2v) is 11.4. The van der Waals surface area contributed by atoms with E-state index in [9.17, 15) is 15.0 Å². The fraction of sp³-hybridized carbons (Fsp3) is 0.679. The number of H-pyrrole nitrogens is 1. The van der Waals surface area contributed by atoms with Crippen molar-refractivity contribution in [1.82, 2.24) is 15.2 Å². The van der Waals surface area contributed by atoms with Crippen molar-refractivity contribution in [1.29, 1.82) is 0 Å². The summed E-state index contributed by atoms with van der Waals surface area (Å²) in [5, 5.41) is 25.2. The molecule has 3 aliphatic rings. The molecule has 2 aromatic rings. The van der Waals surface area contributed by atoms with E-state index in [1.807, 2.05) is 24.3 Å². The Bertz CT molecular complexity index is 1010. The summed E-state index contributed by atoms with van der Waals surface area (Å²) in [6.07, 6.45) is 8.14. The van der Waals surface area contributed by atoms with Crippen molar-refractivity contribution >= 4 is 16.8 Å². The molecule has 4 N–H and O–H groups in total. The molecule has 1 amide bonds. The molecule has 0 spiro atoms. The van der Waals surface area contributed by atoms with Crippen LogP contribution in [0.1, 0.15) is 75.2 Å². The van der Waals surface area contributed by atoms with Gasteiger partial charge in [0.2, 0.25) is 0 Å². The Kier molecular flexibility index (Phi) is 7.37. The van der Waals surface area contributed by atoms with Crippen molar-refractivity contribution in [3.8, 4) is 5.75 Å². The van der Waals surface area contributed by atoms with Crippen LogP contribution in [0.3, 0.4) is 0 Å². The summed E-state index contributed by atoms with van der Waals surface area (Å²) in [4.78, 5) is 18.6. The van der Waals surface area contributed by atoms with Gasteiger partial charge in [-0.15, -0.1) is 0 Å². The number of ether oxygens (including phenoxy) is 1. The molecular formula is C28H41N3O4. The summed E-state index contributed by atoms with van der Waals surface area (Å²) in [5.74, 6) is 1.69. The number of aromatic amines is 1. The van der Waals surface area contributed by atoms with E-state index in [4.69, 9.17) is 4.74 Å². The first kappa shape index (κ1) is 24.6. The van der Waals surface area contributed by atoms with Gasteiger partial charge < -0.3 is 30.2 Å². The SMILES string of the molecule is C[C@H]1CN(CCC2(O)CCC(NC(=O)c3cc4c(OCC5CCC5)cccc4[nH]3)CC2)CC[C@@H]1O. The van der Waals surface area contributed by atoms with Crippen molar-refractivity contribution in [2.24, 2.45) is 11.8 Å². The van der Waals surface area contributed by atoms with E-state index in [-0.39, 0.29) is 18.1 Å². The van der Waals surface area contributed by atoms with Crippen molar-refractivity contribution in [3.05, 3.63) is 30.0 Å². The maximum Gasteiger partial charge on any atom is 0.267 e. The van der Waals surface area contributed by atoms with Gasteiger partial charge in [-0.05, 0) is 81.4 Å². The number of likely N-dealkylation sites (tertiary alicyclic amines) is 1. The molecule has 5 rings (SSSR count). The molecule has 0 unspecified atom stereocenters. The van der Waals surface area contributed by atoms with Gasteiger partial charge in [0.05, 0.1) is 18.3 Å². The second-order valence-electron chi connectivity index (χ2n) is 11.4. The maximum absolute atomic E-state index is 13.0. The minimum absolute atomic E-state index is 0.0775. The van der Waals surface area contributed by atoms with Gasteiger partial charge >= 0.3 is 0 Å². The van der Waals surface area contributed by atoms with Gasteiger partial charge in [0.1, 0.15) is 11.4 Å². The Morgan fingerprint density at radius 3 is 2.74 bits per heavy atom. The molecule has 2 aliphatic carbocycles. The first-order valence-electron chi connectivity index (χ1n) is 13.6. The Balaban J connectivity index is 1.11. The minimum atomic E-state index is -0.658. The summed E-state index contributed by atoms with van der Waals surface area (Å²) in [6.45, 7) is 5.50. The number of aliphatic hydroxyl groups excluding tert-OH is 1. The van der Waals surface area contributed by atoms with Crippen LogP contribution in [-0.4, -0.2) is 70.0 Å². The molecule has 35 heavy (non-hydrogen) atoms. The van der Waals surface area contributed by atoms with Crippen LogP contribution >= 0.6 is 0 Å². The number of nitrogens with zero attached hydrogens (tertiary/aromatic N) is 1. The molecule has 1 saturated heterocycles. The first-order valence-corrected chi connectivity index (χ1v) is 13.6. The standard InChI is InChI=1S/C28H41N3O4/c1-19-17-31(14-10-25(19)32)15-13-28(34)11-8-21(9-12-28)29-27(33)24-16-22-23(30-24)6-3-7-26(22)35-18-20-4-2-5-20/h3,6-7,16,19-21,25,30,32,34H,2,4-5,8-15,17-18H2,1H3,(H,29,33)/t19-,21?,25-,28?/m0/s1. The number of hydrogen-bond donors (Lipinski definition) is 4. The molecule has 7 nitrogen and oxygen atoms in total. The van der Waals surface area contributed by atoms with Crippen LogP contribution in [0.15, 0.2) is 24.3 Å². The van der Waals surface area contributed by atoms with Crippen LogP contribution in [0.5, 0.6) is 5.75 Å². The highest BCUT2D eigenvalue weighted by Crippen LogP contribution is 2.33. The average Bonchev–Trinajstić information content (AvgIpc) is 3.26. The Hall–Kier alpha value is -2.09. The van der Waals surface area contributed by atoms with Gasteiger partial charge in [-0.2, -0.15) is 0 Å². The average molecular weight is 484 g/mol. The highest BCUT2D eigenvalue weighted by atomic mass is 16.5. The zero-order valence-electron chi connectivity index (χ0n) is 21.0. The second kappa shape index (κ2) is 10.5. The lowest BCUT2D eigenvalue weighted by molar-refractivity contribution is -0.0272. The molecule has 2 atom stereocenters. The van der Waals surface area contributed by atoms with E-state index >= 15 is 0 Å². The van der Waals surface area contributed by atoms with Crippen molar-refractivity contribution in [2.45, 2.75) is 82.5 Å². The van der Waals surface area contributed by atoms with Gasteiger partial charge in [-0.1, -0.05) is 19.4 Å². The van der Waals surface area contributed by atoms with Gasteiger partial charge in [0.15, 0.2) is 0 Å². The number of carbonyl (C=O) groups is 1. The third-order valence-electron chi connectivity index (χ3n) is 8.66. The summed E-state index contributed by atoms with van der Waals surface area (Å²) in [5.41, 5.74) is 0.815. The number of amides is 1. The Morgan fingerprint density at radius 1 is 1.23 bits per heavy atom. The summed E-state index contributed by atoms with van der Waals surface area (Å²) in [6, 6.07) is 7.90. The largest absolute Gasteiger partial charge is 0.493 e. The molecule has 1 aliphatic heterocycles. The number of nitrogens with one attached hydrogen (secondary N) is 2. The highest BCUT2D eigenvalue weighted by molar-refractivity contribution is 5.99. The first-order chi connectivity index (χ1) is 16.9. The molecule has 0 radical (unpaired) electrons. The van der Waals surface area contributed by atoms with Gasteiger partial charge in [-0.3, -0.25) is 4.79 Å². The Morgan fingerprint density at radius 2 is 2.03 bits per heavy atom. The zero-order chi connectivity index (χ0) is 24.4. The van der Waals surface area contributed by atoms with E-state index < -0.39 is 5.60 Å². The fourth-order valence-electron chi connectivity index (χ4n) is 5.84. The van der Waals surface area contributed by atoms with E-state index in [0.717, 1.165) is 68.6 Å². The predicted molar refractivity (Wildman–Crippen MR) is 137 cm³/mol. The van der Waals surface area contributed by atoms with Gasteiger partial charge in [-0.25, -0.2) is 0 Å². The lowest BCUT2D eigenvalue weighted by Gasteiger charge is -2.39. The van der Waals surface area contributed by atoms with Crippen molar-refractivity contribution < 1.29 is 19.7 Å². The number of benzene rings is 1. The smallest absolute Gasteiger partial charge is 0.267 e. The van der Waals surface area contributed by atoms with Crippen LogP contribution in [0.25, 0.3) is 10.9 Å². The van der Waals surface area contributed by atoms with Crippen LogP contribution in [0.2, 0.25) is 0 Å². The van der Waals surface area contributed by atoms with Crippen LogP contribution in [0.4, 0.5) is 0 Å². The number of piperidine rings is 1. The highest BCUT2D eigenvalue weighted by Gasteiger charge is 2.35. The third kappa shape index (κ3) is 5.84. The van der Waals surface area contributed by atoms with Gasteiger partial charge in [0.25, 0.3) is 5.91 Å². The molecule has 3 fully saturated rings. The summed E-state index contributed by atoms with van der Waals surface area (Å²) < 4.78 is 6.07. The van der Waals surface area contributed by atoms with E-state index in [2.05, 4.69) is 22.1 Å². The molecule has 0 bridgehead atoms. The lowest BCUT2D eigenvalue weighted by atomic mass is 9.80. The number of rotatable bonds is 8. The molecular weight excluding hydrogens is 442 g/mol. The molecule has 7 heteroatoms. The molecule has 1 aromatic heterocycles. The fourth-order valence-corrected chi connectivity index (χ4v) is 5.84. The number of aliphatic hydroxyl groups is 2. The lowest BCUT2D eigenvalue weighted by Crippen LogP contribution is -2.47. The number of carbonyl (C=O) groups excluding carboxylic acids is 1. The third-order valence-corrected chi connectivity index (χ3v) is 8.66. The number of hydrogen-bond acceptors (Lipinski definition) is 5. The maximum atomic E-state index is 13.0. The van der Waals surface area contributed by atoms with Crippen LogP contribution < -0.4 is 10.1 Å². The van der Waals surface area contributed by atoms with Crippen molar-refractivity contribution in [3.63, 3.8) is 0 Å². The van der Waals surface area contributed by atoms with E-state index in [1.54, 1.807) is 0 Å². The molecule has 1 aromatic carbocycles. The predicted octanol–water partition coefficient (Wildman–Crippen LogP) is 3.84. The Labute approximate surface area is 208 Å². The van der Waals surface area contributed by atoms with E-state index in [1.165, 1.54) is 19.3 Å². The molecule has 192 valence electrons. The van der Waals surface area contributed by atoms with E-state index in [0.29, 0.717) is 30.4 Å². The van der Waals surface area contributed by atoms with Crippen LogP contribution in [-0.2, 0) is 0 Å². The number of fused-ring (bicyclic) bond motifs is 1.